The van der Waals surface area contributed by atoms with Crippen molar-refractivity contribution in [3.63, 3.8) is 0 Å². The van der Waals surface area contributed by atoms with Crippen molar-refractivity contribution in [1.29, 1.82) is 0 Å². The van der Waals surface area contributed by atoms with Crippen LogP contribution in [0.25, 0.3) is 0 Å². The zero-order valence-electron chi connectivity index (χ0n) is 8.87. The first-order chi connectivity index (χ1) is 6.65. The largest absolute Gasteiger partial charge is 0.354 e. The molecule has 0 radical (unpaired) electrons. The lowest BCUT2D eigenvalue weighted by atomic mass is 10.3. The minimum absolute atomic E-state index is 0.469. The molecule has 0 spiro atoms. The summed E-state index contributed by atoms with van der Waals surface area (Å²) in [5, 5.41) is 0. The fourth-order valence-electron chi connectivity index (χ4n) is 1.36. The van der Waals surface area contributed by atoms with E-state index in [0.717, 1.165) is 23.4 Å². The number of hydrogen-bond acceptors (Lipinski definition) is 3. The molecule has 0 aliphatic carbocycles. The number of halogens is 1. The maximum absolute atomic E-state index is 4.26. The molecule has 0 bridgehead atoms. The molecular formula is C10H16BrN3. The minimum Gasteiger partial charge on any atom is -0.354 e. The standard InChI is InChI=1S/C10H16BrN3/c1-4-5-14(8(2)3)10-6-9(11)12-7-13-10/h6-8H,4-5H2,1-3H3. The lowest BCUT2D eigenvalue weighted by molar-refractivity contribution is 0.660. The van der Waals surface area contributed by atoms with Crippen LogP contribution in [-0.4, -0.2) is 22.6 Å². The molecule has 0 fully saturated rings. The van der Waals surface area contributed by atoms with Gasteiger partial charge >= 0.3 is 0 Å². The van der Waals surface area contributed by atoms with Crippen LogP contribution in [0, 0.1) is 0 Å². The van der Waals surface area contributed by atoms with Crippen molar-refractivity contribution in [2.75, 3.05) is 11.4 Å². The summed E-state index contributed by atoms with van der Waals surface area (Å²) in [6.45, 7) is 7.55. The Morgan fingerprint density at radius 3 is 2.64 bits per heavy atom. The molecule has 0 aliphatic heterocycles. The monoisotopic (exact) mass is 257 g/mol. The Hall–Kier alpha value is -0.640. The van der Waals surface area contributed by atoms with E-state index in [4.69, 9.17) is 0 Å². The quantitative estimate of drug-likeness (QED) is 0.777. The molecule has 14 heavy (non-hydrogen) atoms. The Morgan fingerprint density at radius 2 is 2.14 bits per heavy atom. The second kappa shape index (κ2) is 5.29. The van der Waals surface area contributed by atoms with Crippen LogP contribution in [0.15, 0.2) is 17.0 Å². The molecule has 0 saturated heterocycles. The van der Waals surface area contributed by atoms with Gasteiger partial charge in [0.05, 0.1) is 0 Å². The second-order valence-electron chi connectivity index (χ2n) is 3.49. The third-order valence-corrected chi connectivity index (χ3v) is 2.44. The molecule has 0 aliphatic rings. The third kappa shape index (κ3) is 2.94. The van der Waals surface area contributed by atoms with Gasteiger partial charge in [-0.15, -0.1) is 0 Å². The van der Waals surface area contributed by atoms with Crippen LogP contribution in [-0.2, 0) is 0 Å². The fourth-order valence-corrected chi connectivity index (χ4v) is 1.66. The lowest BCUT2D eigenvalue weighted by Gasteiger charge is -2.27. The molecule has 3 nitrogen and oxygen atoms in total. The van der Waals surface area contributed by atoms with Gasteiger partial charge in [0.1, 0.15) is 16.7 Å². The SMILES string of the molecule is CCCN(c1cc(Br)ncn1)C(C)C. The van der Waals surface area contributed by atoms with Crippen molar-refractivity contribution in [1.82, 2.24) is 9.97 Å². The van der Waals surface area contributed by atoms with Crippen LogP contribution in [0.4, 0.5) is 5.82 Å². The molecule has 1 rings (SSSR count). The van der Waals surface area contributed by atoms with E-state index in [-0.39, 0.29) is 0 Å². The van der Waals surface area contributed by atoms with Crippen LogP contribution < -0.4 is 4.90 Å². The van der Waals surface area contributed by atoms with Gasteiger partial charge < -0.3 is 4.90 Å². The van der Waals surface area contributed by atoms with E-state index in [1.807, 2.05) is 6.07 Å². The predicted octanol–water partition coefficient (Wildman–Crippen LogP) is 2.86. The van der Waals surface area contributed by atoms with Gasteiger partial charge in [0.25, 0.3) is 0 Å². The maximum atomic E-state index is 4.26. The second-order valence-corrected chi connectivity index (χ2v) is 4.30. The first kappa shape index (κ1) is 11.4. The average Bonchev–Trinajstić information content (AvgIpc) is 2.13. The van der Waals surface area contributed by atoms with Crippen LogP contribution in [0.5, 0.6) is 0 Å². The molecular weight excluding hydrogens is 242 g/mol. The zero-order chi connectivity index (χ0) is 10.6. The summed E-state index contributed by atoms with van der Waals surface area (Å²) >= 11 is 3.35. The molecule has 4 heteroatoms. The highest BCUT2D eigenvalue weighted by Crippen LogP contribution is 2.17. The van der Waals surface area contributed by atoms with Crippen molar-refractivity contribution in [2.45, 2.75) is 33.2 Å². The number of hydrogen-bond donors (Lipinski definition) is 0. The van der Waals surface area contributed by atoms with E-state index < -0.39 is 0 Å². The van der Waals surface area contributed by atoms with Gasteiger partial charge in [-0.2, -0.15) is 0 Å². The van der Waals surface area contributed by atoms with Gasteiger partial charge in [-0.3, -0.25) is 0 Å². The third-order valence-electron chi connectivity index (χ3n) is 2.00. The fraction of sp³-hybridized carbons (Fsp3) is 0.600. The van der Waals surface area contributed by atoms with Crippen molar-refractivity contribution in [3.8, 4) is 0 Å². The maximum Gasteiger partial charge on any atom is 0.133 e. The summed E-state index contributed by atoms with van der Waals surface area (Å²) in [7, 11) is 0. The molecule has 1 heterocycles. The Kier molecular flexibility index (Phi) is 4.32. The van der Waals surface area contributed by atoms with Gasteiger partial charge in [-0.1, -0.05) is 6.92 Å². The predicted molar refractivity (Wildman–Crippen MR) is 62.5 cm³/mol. The van der Waals surface area contributed by atoms with Gasteiger partial charge in [-0.25, -0.2) is 9.97 Å². The van der Waals surface area contributed by atoms with Crippen molar-refractivity contribution < 1.29 is 0 Å². The van der Waals surface area contributed by atoms with Crippen LogP contribution in [0.1, 0.15) is 27.2 Å². The summed E-state index contributed by atoms with van der Waals surface area (Å²) in [4.78, 5) is 10.6. The smallest absolute Gasteiger partial charge is 0.133 e. The van der Waals surface area contributed by atoms with Crippen LogP contribution >= 0.6 is 15.9 Å². The van der Waals surface area contributed by atoms with E-state index in [9.17, 15) is 0 Å². The molecule has 0 atom stereocenters. The average molecular weight is 258 g/mol. The number of anilines is 1. The van der Waals surface area contributed by atoms with E-state index in [1.54, 1.807) is 6.33 Å². The Labute approximate surface area is 93.7 Å². The van der Waals surface area contributed by atoms with Gasteiger partial charge in [0.15, 0.2) is 0 Å². The highest BCUT2D eigenvalue weighted by atomic mass is 79.9. The van der Waals surface area contributed by atoms with Gasteiger partial charge in [0, 0.05) is 18.7 Å². The summed E-state index contributed by atoms with van der Waals surface area (Å²) < 4.78 is 0.837. The first-order valence-electron chi connectivity index (χ1n) is 4.89. The van der Waals surface area contributed by atoms with Gasteiger partial charge in [-0.05, 0) is 36.2 Å². The normalized spacial score (nSPS) is 10.6. The Balaban J connectivity index is 2.87. The molecule has 78 valence electrons. The lowest BCUT2D eigenvalue weighted by Crippen LogP contribution is -2.32. The molecule has 1 aromatic rings. The van der Waals surface area contributed by atoms with E-state index in [1.165, 1.54) is 0 Å². The summed E-state index contributed by atoms with van der Waals surface area (Å²) in [6, 6.07) is 2.42. The van der Waals surface area contributed by atoms with Crippen molar-refractivity contribution in [2.24, 2.45) is 0 Å². The van der Waals surface area contributed by atoms with Crippen molar-refractivity contribution >= 4 is 21.7 Å². The molecule has 0 N–H and O–H groups in total. The number of aromatic nitrogens is 2. The topological polar surface area (TPSA) is 29.0 Å². The number of nitrogens with zero attached hydrogens (tertiary/aromatic N) is 3. The molecule has 0 amide bonds. The molecule has 1 aromatic heterocycles. The highest BCUT2D eigenvalue weighted by molar-refractivity contribution is 9.10. The van der Waals surface area contributed by atoms with Crippen LogP contribution in [0.3, 0.4) is 0 Å². The molecule has 0 aromatic carbocycles. The van der Waals surface area contributed by atoms with Gasteiger partial charge in [0.2, 0.25) is 0 Å². The molecule has 0 saturated carbocycles. The van der Waals surface area contributed by atoms with Crippen LogP contribution in [0.2, 0.25) is 0 Å². The van der Waals surface area contributed by atoms with E-state index in [2.05, 4.69) is 51.6 Å². The van der Waals surface area contributed by atoms with E-state index >= 15 is 0 Å². The van der Waals surface area contributed by atoms with E-state index in [0.29, 0.717) is 6.04 Å². The Morgan fingerprint density at radius 1 is 1.43 bits per heavy atom. The minimum atomic E-state index is 0.469. The Bertz CT molecular complexity index is 288. The zero-order valence-corrected chi connectivity index (χ0v) is 10.5. The summed E-state index contributed by atoms with van der Waals surface area (Å²) in [5.74, 6) is 0.990. The summed E-state index contributed by atoms with van der Waals surface area (Å²) in [5.41, 5.74) is 0. The molecule has 0 unspecified atom stereocenters. The number of rotatable bonds is 4. The first-order valence-corrected chi connectivity index (χ1v) is 5.68. The van der Waals surface area contributed by atoms with Crippen molar-refractivity contribution in [3.05, 3.63) is 17.0 Å². The highest BCUT2D eigenvalue weighted by Gasteiger charge is 2.10. The summed E-state index contributed by atoms with van der Waals surface area (Å²) in [6.07, 6.45) is 2.71.